The molecule has 4 aromatic rings. The molecule has 0 fully saturated rings. The van der Waals surface area contributed by atoms with Crippen molar-refractivity contribution < 1.29 is 18.0 Å². The number of nitrogens with one attached hydrogen (secondary N) is 1. The van der Waals surface area contributed by atoms with E-state index in [1.165, 1.54) is 12.1 Å². The van der Waals surface area contributed by atoms with Gasteiger partial charge < -0.3 is 5.32 Å². The number of alkyl halides is 3. The van der Waals surface area contributed by atoms with Crippen LogP contribution in [0, 0.1) is 0 Å². The van der Waals surface area contributed by atoms with Crippen LogP contribution >= 0.6 is 0 Å². The van der Waals surface area contributed by atoms with Gasteiger partial charge in [-0.05, 0) is 30.3 Å². The molecule has 0 spiro atoms. The number of fused-ring (bicyclic) bond motifs is 1. The second-order valence-electron chi connectivity index (χ2n) is 5.99. The molecule has 0 saturated heterocycles. The molecule has 0 aliphatic rings. The van der Waals surface area contributed by atoms with Gasteiger partial charge in [0.15, 0.2) is 0 Å². The monoisotopic (exact) mass is 382 g/mol. The van der Waals surface area contributed by atoms with Crippen molar-refractivity contribution >= 4 is 17.5 Å². The maximum absolute atomic E-state index is 12.8. The SMILES string of the molecule is O=C(Nc1c(-c2ccc(C(F)(F)F)cc2)nc2ncccn12)c1ccccc1. The van der Waals surface area contributed by atoms with Crippen LogP contribution in [-0.2, 0) is 6.18 Å². The Labute approximate surface area is 157 Å². The molecule has 0 saturated carbocycles. The first-order valence-corrected chi connectivity index (χ1v) is 8.30. The predicted octanol–water partition coefficient (Wildman–Crippen LogP) is 4.67. The molecule has 0 bridgehead atoms. The first-order chi connectivity index (χ1) is 13.4. The van der Waals surface area contributed by atoms with Gasteiger partial charge in [0.2, 0.25) is 5.78 Å². The molecule has 0 atom stereocenters. The standard InChI is InChI=1S/C20H13F3N4O/c21-20(22,23)15-9-7-13(8-10-15)16-17(27-12-4-11-24-19(27)25-16)26-18(28)14-5-2-1-3-6-14/h1-12H,(H,26,28). The van der Waals surface area contributed by atoms with E-state index in [1.54, 1.807) is 53.2 Å². The summed E-state index contributed by atoms with van der Waals surface area (Å²) < 4.78 is 40.1. The summed E-state index contributed by atoms with van der Waals surface area (Å²) in [5.41, 5.74) is 0.450. The lowest BCUT2D eigenvalue weighted by Gasteiger charge is -2.09. The molecule has 0 radical (unpaired) electrons. The molecule has 0 aliphatic heterocycles. The van der Waals surface area contributed by atoms with Crippen molar-refractivity contribution in [3.8, 4) is 11.3 Å². The highest BCUT2D eigenvalue weighted by molar-refractivity contribution is 6.05. The second-order valence-corrected chi connectivity index (χ2v) is 5.99. The van der Waals surface area contributed by atoms with E-state index in [4.69, 9.17) is 0 Å². The molecule has 0 aliphatic carbocycles. The zero-order chi connectivity index (χ0) is 19.7. The van der Waals surface area contributed by atoms with Gasteiger partial charge in [-0.3, -0.25) is 9.20 Å². The van der Waals surface area contributed by atoms with Crippen LogP contribution < -0.4 is 5.32 Å². The number of carbonyl (C=O) groups excluding carboxylic acids is 1. The maximum Gasteiger partial charge on any atom is 0.416 e. The molecule has 28 heavy (non-hydrogen) atoms. The Morgan fingerprint density at radius 2 is 1.68 bits per heavy atom. The minimum absolute atomic E-state index is 0.320. The summed E-state index contributed by atoms with van der Waals surface area (Å²) in [6.07, 6.45) is -1.21. The topological polar surface area (TPSA) is 59.3 Å². The molecule has 2 heterocycles. The number of hydrogen-bond acceptors (Lipinski definition) is 3. The Kier molecular flexibility index (Phi) is 4.31. The van der Waals surface area contributed by atoms with Crippen molar-refractivity contribution in [1.29, 1.82) is 0 Å². The van der Waals surface area contributed by atoms with Crippen LogP contribution in [0.3, 0.4) is 0 Å². The van der Waals surface area contributed by atoms with Crippen molar-refractivity contribution in [3.63, 3.8) is 0 Å². The Hall–Kier alpha value is -3.68. The Bertz CT molecular complexity index is 1140. The van der Waals surface area contributed by atoms with Gasteiger partial charge in [-0.2, -0.15) is 13.2 Å². The van der Waals surface area contributed by atoms with E-state index in [1.807, 2.05) is 0 Å². The first-order valence-electron chi connectivity index (χ1n) is 8.30. The highest BCUT2D eigenvalue weighted by atomic mass is 19.4. The zero-order valence-electron chi connectivity index (χ0n) is 14.3. The van der Waals surface area contributed by atoms with Gasteiger partial charge >= 0.3 is 6.18 Å². The van der Waals surface area contributed by atoms with Gasteiger partial charge in [-0.1, -0.05) is 30.3 Å². The lowest BCUT2D eigenvalue weighted by atomic mass is 10.1. The van der Waals surface area contributed by atoms with E-state index < -0.39 is 11.7 Å². The molecule has 0 unspecified atom stereocenters. The molecule has 8 heteroatoms. The van der Waals surface area contributed by atoms with E-state index >= 15 is 0 Å². The minimum Gasteiger partial charge on any atom is -0.306 e. The third kappa shape index (κ3) is 3.32. The van der Waals surface area contributed by atoms with E-state index in [0.717, 1.165) is 12.1 Å². The molecular weight excluding hydrogens is 369 g/mol. The van der Waals surface area contributed by atoms with E-state index in [2.05, 4.69) is 15.3 Å². The molecule has 140 valence electrons. The van der Waals surface area contributed by atoms with Gasteiger partial charge in [-0.15, -0.1) is 0 Å². The summed E-state index contributed by atoms with van der Waals surface area (Å²) in [6.45, 7) is 0. The smallest absolute Gasteiger partial charge is 0.306 e. The van der Waals surface area contributed by atoms with Crippen LogP contribution in [0.2, 0.25) is 0 Å². The summed E-state index contributed by atoms with van der Waals surface area (Å²) in [6, 6.07) is 14.9. The van der Waals surface area contributed by atoms with Gasteiger partial charge in [0.05, 0.1) is 5.56 Å². The van der Waals surface area contributed by atoms with Gasteiger partial charge in [-0.25, -0.2) is 9.97 Å². The lowest BCUT2D eigenvalue weighted by molar-refractivity contribution is -0.137. The Balaban J connectivity index is 1.78. The highest BCUT2D eigenvalue weighted by Crippen LogP contribution is 2.33. The number of benzene rings is 2. The minimum atomic E-state index is -4.43. The molecule has 2 aromatic heterocycles. The van der Waals surface area contributed by atoms with Crippen molar-refractivity contribution in [2.75, 3.05) is 5.32 Å². The number of rotatable bonds is 3. The Morgan fingerprint density at radius 1 is 0.964 bits per heavy atom. The van der Waals surface area contributed by atoms with Crippen LogP contribution in [-0.4, -0.2) is 20.3 Å². The first kappa shape index (κ1) is 17.7. The van der Waals surface area contributed by atoms with Crippen molar-refractivity contribution in [1.82, 2.24) is 14.4 Å². The number of hydrogen-bond donors (Lipinski definition) is 1. The molecule has 2 aromatic carbocycles. The fraction of sp³-hybridized carbons (Fsp3) is 0.0500. The second kappa shape index (κ2) is 6.80. The van der Waals surface area contributed by atoms with Crippen LogP contribution in [0.25, 0.3) is 17.0 Å². The van der Waals surface area contributed by atoms with E-state index in [0.29, 0.717) is 28.4 Å². The van der Waals surface area contributed by atoms with Crippen LogP contribution in [0.4, 0.5) is 19.0 Å². The summed E-state index contributed by atoms with van der Waals surface area (Å²) in [7, 11) is 0. The highest BCUT2D eigenvalue weighted by Gasteiger charge is 2.30. The number of imidazole rings is 1. The third-order valence-electron chi connectivity index (χ3n) is 4.16. The number of halogens is 3. The van der Waals surface area contributed by atoms with E-state index in [-0.39, 0.29) is 5.91 Å². The number of aromatic nitrogens is 3. The molecule has 5 nitrogen and oxygen atoms in total. The number of anilines is 1. The largest absolute Gasteiger partial charge is 0.416 e. The average molecular weight is 382 g/mol. The number of carbonyl (C=O) groups is 1. The molecule has 1 N–H and O–H groups in total. The number of nitrogens with zero attached hydrogens (tertiary/aromatic N) is 3. The zero-order valence-corrected chi connectivity index (χ0v) is 14.3. The molecule has 4 rings (SSSR count). The Morgan fingerprint density at radius 3 is 2.36 bits per heavy atom. The van der Waals surface area contributed by atoms with Crippen LogP contribution in [0.15, 0.2) is 73.1 Å². The average Bonchev–Trinajstić information content (AvgIpc) is 3.06. The molecule has 1 amide bonds. The van der Waals surface area contributed by atoms with Crippen molar-refractivity contribution in [3.05, 3.63) is 84.2 Å². The summed E-state index contributed by atoms with van der Waals surface area (Å²) in [5.74, 6) is 0.289. The van der Waals surface area contributed by atoms with Gasteiger partial charge in [0, 0.05) is 23.5 Å². The normalized spacial score (nSPS) is 11.5. The summed E-state index contributed by atoms with van der Waals surface area (Å²) >= 11 is 0. The van der Waals surface area contributed by atoms with Gasteiger partial charge in [0.25, 0.3) is 5.91 Å². The predicted molar refractivity (Wildman–Crippen MR) is 97.8 cm³/mol. The van der Waals surface area contributed by atoms with Crippen LogP contribution in [0.1, 0.15) is 15.9 Å². The maximum atomic E-state index is 12.8. The number of amides is 1. The third-order valence-corrected chi connectivity index (χ3v) is 4.16. The lowest BCUT2D eigenvalue weighted by Crippen LogP contribution is -2.14. The fourth-order valence-corrected chi connectivity index (χ4v) is 2.79. The van der Waals surface area contributed by atoms with E-state index in [9.17, 15) is 18.0 Å². The van der Waals surface area contributed by atoms with Crippen molar-refractivity contribution in [2.45, 2.75) is 6.18 Å². The van der Waals surface area contributed by atoms with Crippen LogP contribution in [0.5, 0.6) is 0 Å². The fourth-order valence-electron chi connectivity index (χ4n) is 2.79. The van der Waals surface area contributed by atoms with Crippen molar-refractivity contribution in [2.24, 2.45) is 0 Å². The summed E-state index contributed by atoms with van der Waals surface area (Å²) in [5, 5.41) is 2.79. The summed E-state index contributed by atoms with van der Waals surface area (Å²) in [4.78, 5) is 21.1. The quantitative estimate of drug-likeness (QED) is 0.560. The van der Waals surface area contributed by atoms with Gasteiger partial charge in [0.1, 0.15) is 11.5 Å². The molecular formula is C20H13F3N4O.